The first-order chi connectivity index (χ1) is 7.94. The van der Waals surface area contributed by atoms with Crippen molar-refractivity contribution in [2.45, 2.75) is 25.1 Å². The summed E-state index contributed by atoms with van der Waals surface area (Å²) in [6.07, 6.45) is 0.462. The van der Waals surface area contributed by atoms with E-state index in [1.54, 1.807) is 31.2 Å². The Labute approximate surface area is 102 Å². The van der Waals surface area contributed by atoms with Gasteiger partial charge in [0.05, 0.1) is 11.8 Å². The molecule has 1 aromatic rings. The lowest BCUT2D eigenvalue weighted by Crippen LogP contribution is -2.43. The largest absolute Gasteiger partial charge is 0.386 e. The van der Waals surface area contributed by atoms with E-state index in [-0.39, 0.29) is 11.6 Å². The molecule has 0 aliphatic heterocycles. The van der Waals surface area contributed by atoms with Crippen molar-refractivity contribution in [3.63, 3.8) is 0 Å². The molecule has 1 atom stereocenters. The Bertz CT molecular complexity index is 471. The Morgan fingerprint density at radius 2 is 2.00 bits per heavy atom. The van der Waals surface area contributed by atoms with Crippen molar-refractivity contribution in [2.24, 2.45) is 5.73 Å². The van der Waals surface area contributed by atoms with Crippen LogP contribution in [0.2, 0.25) is 0 Å². The van der Waals surface area contributed by atoms with Crippen molar-refractivity contribution >= 4 is 15.9 Å². The van der Waals surface area contributed by atoms with Gasteiger partial charge in [0.25, 0.3) is 0 Å². The number of hydrogen-bond donors (Lipinski definition) is 3. The molecule has 0 bridgehead atoms. The second kappa shape index (κ2) is 5.79. The molecule has 0 fully saturated rings. The van der Waals surface area contributed by atoms with Crippen molar-refractivity contribution in [1.29, 1.82) is 5.41 Å². The fourth-order valence-corrected chi connectivity index (χ4v) is 2.86. The molecule has 0 radical (unpaired) electrons. The van der Waals surface area contributed by atoms with E-state index in [1.165, 1.54) is 0 Å². The van der Waals surface area contributed by atoms with Crippen molar-refractivity contribution in [2.75, 3.05) is 0 Å². The first-order valence-electron chi connectivity index (χ1n) is 5.32. The topological polar surface area (TPSA) is 96.0 Å². The Hall–Kier alpha value is -1.40. The van der Waals surface area contributed by atoms with Crippen LogP contribution in [0.4, 0.5) is 0 Å². The van der Waals surface area contributed by atoms with Crippen LogP contribution in [0, 0.1) is 5.41 Å². The van der Waals surface area contributed by atoms with Gasteiger partial charge in [-0.05, 0) is 12.0 Å². The summed E-state index contributed by atoms with van der Waals surface area (Å²) in [6, 6.07) is 8.26. The second-order valence-electron chi connectivity index (χ2n) is 3.78. The summed E-state index contributed by atoms with van der Waals surface area (Å²) >= 11 is 0. The van der Waals surface area contributed by atoms with Gasteiger partial charge in [-0.2, -0.15) is 0 Å². The van der Waals surface area contributed by atoms with Gasteiger partial charge in [-0.25, -0.2) is 13.1 Å². The van der Waals surface area contributed by atoms with Crippen LogP contribution in [0.5, 0.6) is 0 Å². The van der Waals surface area contributed by atoms with Gasteiger partial charge in [0.15, 0.2) is 0 Å². The maximum Gasteiger partial charge on any atom is 0.216 e. The molecule has 0 aromatic heterocycles. The third-order valence-electron chi connectivity index (χ3n) is 2.30. The van der Waals surface area contributed by atoms with Crippen LogP contribution in [-0.2, 0) is 15.8 Å². The third-order valence-corrected chi connectivity index (χ3v) is 3.66. The number of amidine groups is 1. The highest BCUT2D eigenvalue weighted by Crippen LogP contribution is 2.05. The van der Waals surface area contributed by atoms with Gasteiger partial charge >= 0.3 is 0 Å². The van der Waals surface area contributed by atoms with Crippen LogP contribution < -0.4 is 10.5 Å². The lowest BCUT2D eigenvalue weighted by Gasteiger charge is -2.15. The van der Waals surface area contributed by atoms with E-state index in [4.69, 9.17) is 11.1 Å². The minimum absolute atomic E-state index is 0.0996. The number of benzene rings is 1. The molecule has 1 aromatic carbocycles. The summed E-state index contributed by atoms with van der Waals surface area (Å²) in [6.45, 7) is 1.77. The summed E-state index contributed by atoms with van der Waals surface area (Å²) in [4.78, 5) is 0. The van der Waals surface area contributed by atoms with Crippen LogP contribution in [0.15, 0.2) is 30.3 Å². The molecule has 0 heterocycles. The lowest BCUT2D eigenvalue weighted by atomic mass is 10.2. The van der Waals surface area contributed by atoms with E-state index in [0.717, 1.165) is 0 Å². The molecule has 0 amide bonds. The lowest BCUT2D eigenvalue weighted by molar-refractivity contribution is 0.570. The molecule has 4 N–H and O–H groups in total. The summed E-state index contributed by atoms with van der Waals surface area (Å²) in [5.74, 6) is -0.262. The highest BCUT2D eigenvalue weighted by Gasteiger charge is 2.18. The van der Waals surface area contributed by atoms with Crippen molar-refractivity contribution in [3.05, 3.63) is 35.9 Å². The second-order valence-corrected chi connectivity index (χ2v) is 5.53. The van der Waals surface area contributed by atoms with E-state index in [0.29, 0.717) is 12.0 Å². The number of nitrogens with two attached hydrogens (primary N) is 1. The molecule has 6 heteroatoms. The van der Waals surface area contributed by atoms with Crippen LogP contribution >= 0.6 is 0 Å². The predicted octanol–water partition coefficient (Wildman–Crippen LogP) is 0.821. The zero-order chi connectivity index (χ0) is 12.9. The van der Waals surface area contributed by atoms with E-state index in [1.807, 2.05) is 6.07 Å². The summed E-state index contributed by atoms with van der Waals surface area (Å²) < 4.78 is 26.0. The van der Waals surface area contributed by atoms with E-state index in [9.17, 15) is 8.42 Å². The molecule has 1 rings (SSSR count). The molecule has 0 spiro atoms. The number of sulfonamides is 1. The van der Waals surface area contributed by atoms with Crippen molar-refractivity contribution in [1.82, 2.24) is 4.72 Å². The highest BCUT2D eigenvalue weighted by molar-refractivity contribution is 7.88. The molecular formula is C11H17N3O2S. The number of rotatable bonds is 6. The molecule has 5 nitrogen and oxygen atoms in total. The predicted molar refractivity (Wildman–Crippen MR) is 68.2 cm³/mol. The molecule has 0 saturated heterocycles. The molecule has 0 aliphatic rings. The number of nitrogens with one attached hydrogen (secondary N) is 2. The normalized spacial score (nSPS) is 13.2. The SMILES string of the molecule is CCC(NS(=O)(=O)Cc1ccccc1)C(=N)N. The van der Waals surface area contributed by atoms with Gasteiger partial charge in [-0.15, -0.1) is 0 Å². The maximum absolute atomic E-state index is 11.8. The average molecular weight is 255 g/mol. The van der Waals surface area contributed by atoms with Gasteiger partial charge in [-0.1, -0.05) is 37.3 Å². The first-order valence-corrected chi connectivity index (χ1v) is 6.97. The minimum Gasteiger partial charge on any atom is -0.386 e. The Morgan fingerprint density at radius 3 is 2.47 bits per heavy atom. The minimum atomic E-state index is -3.46. The fraction of sp³-hybridized carbons (Fsp3) is 0.364. The Morgan fingerprint density at radius 1 is 1.41 bits per heavy atom. The first kappa shape index (κ1) is 13.7. The summed E-state index contributed by atoms with van der Waals surface area (Å²) in [5.41, 5.74) is 6.01. The monoisotopic (exact) mass is 255 g/mol. The van der Waals surface area contributed by atoms with E-state index in [2.05, 4.69) is 4.72 Å². The molecule has 94 valence electrons. The van der Waals surface area contributed by atoms with Gasteiger partial charge in [0, 0.05) is 0 Å². The summed E-state index contributed by atoms with van der Waals surface area (Å²) in [5, 5.41) is 7.26. The van der Waals surface area contributed by atoms with Gasteiger partial charge in [-0.3, -0.25) is 5.41 Å². The molecule has 0 saturated carbocycles. The highest BCUT2D eigenvalue weighted by atomic mass is 32.2. The molecule has 17 heavy (non-hydrogen) atoms. The standard InChI is InChI=1S/C11H17N3O2S/c1-2-10(11(12)13)14-17(15,16)8-9-6-4-3-5-7-9/h3-7,10,14H,2,8H2,1H3,(H3,12,13). The van der Waals surface area contributed by atoms with Crippen LogP contribution in [0.1, 0.15) is 18.9 Å². The third kappa shape index (κ3) is 4.54. The smallest absolute Gasteiger partial charge is 0.216 e. The quantitative estimate of drug-likeness (QED) is 0.518. The fourth-order valence-electron chi connectivity index (χ4n) is 1.42. The van der Waals surface area contributed by atoms with Crippen molar-refractivity contribution in [3.8, 4) is 0 Å². The Balaban J connectivity index is 2.73. The van der Waals surface area contributed by atoms with Gasteiger partial charge in [0.2, 0.25) is 10.0 Å². The molecule has 1 unspecified atom stereocenters. The number of hydrogen-bond acceptors (Lipinski definition) is 3. The zero-order valence-corrected chi connectivity index (χ0v) is 10.5. The molecular weight excluding hydrogens is 238 g/mol. The van der Waals surface area contributed by atoms with Crippen LogP contribution in [-0.4, -0.2) is 20.3 Å². The van der Waals surface area contributed by atoms with Gasteiger partial charge in [0.1, 0.15) is 5.84 Å². The van der Waals surface area contributed by atoms with Crippen LogP contribution in [0.3, 0.4) is 0 Å². The van der Waals surface area contributed by atoms with Crippen LogP contribution in [0.25, 0.3) is 0 Å². The van der Waals surface area contributed by atoms with Gasteiger partial charge < -0.3 is 5.73 Å². The molecule has 0 aliphatic carbocycles. The van der Waals surface area contributed by atoms with E-state index < -0.39 is 16.1 Å². The summed E-state index contributed by atoms with van der Waals surface area (Å²) in [7, 11) is -3.46. The van der Waals surface area contributed by atoms with Crippen molar-refractivity contribution < 1.29 is 8.42 Å². The maximum atomic E-state index is 11.8. The zero-order valence-electron chi connectivity index (χ0n) is 9.68. The van der Waals surface area contributed by atoms with E-state index >= 15 is 0 Å². The average Bonchev–Trinajstić information content (AvgIpc) is 2.26. The Kier molecular flexibility index (Phi) is 4.65.